The Hall–Kier alpha value is -0.0800. The van der Waals surface area contributed by atoms with Crippen LogP contribution in [0, 0.1) is 5.92 Å². The molecule has 1 rings (SSSR count). The smallest absolute Gasteiger partial charge is 0.0304 e. The second-order valence-electron chi connectivity index (χ2n) is 6.28. The van der Waals surface area contributed by atoms with E-state index in [0.717, 1.165) is 5.92 Å². The van der Waals surface area contributed by atoms with Crippen molar-refractivity contribution < 1.29 is 0 Å². The van der Waals surface area contributed by atoms with Crippen molar-refractivity contribution in [2.45, 2.75) is 71.4 Å². The molecule has 0 bridgehead atoms. The van der Waals surface area contributed by atoms with Gasteiger partial charge < -0.3 is 5.73 Å². The van der Waals surface area contributed by atoms with Crippen molar-refractivity contribution in [2.75, 3.05) is 13.1 Å². The second-order valence-corrected chi connectivity index (χ2v) is 6.28. The van der Waals surface area contributed by atoms with Crippen LogP contribution >= 0.6 is 0 Å². The van der Waals surface area contributed by atoms with E-state index in [1.807, 2.05) is 0 Å². The lowest BCUT2D eigenvalue weighted by molar-refractivity contribution is 0.118. The van der Waals surface area contributed by atoms with E-state index < -0.39 is 0 Å². The van der Waals surface area contributed by atoms with Crippen LogP contribution in [0.4, 0.5) is 0 Å². The Morgan fingerprint density at radius 1 is 1.12 bits per heavy atom. The van der Waals surface area contributed by atoms with Gasteiger partial charge in [0.1, 0.15) is 0 Å². The maximum absolute atomic E-state index is 6.38. The molecule has 0 amide bonds. The fourth-order valence-electron chi connectivity index (χ4n) is 2.63. The van der Waals surface area contributed by atoms with Crippen molar-refractivity contribution in [2.24, 2.45) is 11.7 Å². The summed E-state index contributed by atoms with van der Waals surface area (Å²) >= 11 is 0. The maximum atomic E-state index is 6.38. The van der Waals surface area contributed by atoms with Crippen molar-refractivity contribution >= 4 is 0 Å². The molecule has 1 fully saturated rings. The van der Waals surface area contributed by atoms with E-state index in [1.54, 1.807) is 0 Å². The molecule has 2 nitrogen and oxygen atoms in total. The molecule has 96 valence electrons. The average Bonchev–Trinajstić information content (AvgIpc) is 2.69. The Balaban J connectivity index is 2.35. The van der Waals surface area contributed by atoms with Gasteiger partial charge in [0.25, 0.3) is 0 Å². The predicted molar refractivity (Wildman–Crippen MR) is 71.6 cm³/mol. The highest BCUT2D eigenvalue weighted by atomic mass is 15.2. The second kappa shape index (κ2) is 6.02. The van der Waals surface area contributed by atoms with Crippen molar-refractivity contribution in [1.29, 1.82) is 0 Å². The number of hydrogen-bond donors (Lipinski definition) is 1. The highest BCUT2D eigenvalue weighted by Crippen LogP contribution is 2.26. The zero-order chi connectivity index (χ0) is 12.2. The van der Waals surface area contributed by atoms with Crippen molar-refractivity contribution in [3.63, 3.8) is 0 Å². The van der Waals surface area contributed by atoms with Gasteiger partial charge >= 0.3 is 0 Å². The number of hydrogen-bond acceptors (Lipinski definition) is 2. The van der Waals surface area contributed by atoms with Gasteiger partial charge in [-0.1, -0.05) is 26.7 Å². The molecule has 0 radical (unpaired) electrons. The zero-order valence-electron chi connectivity index (χ0n) is 11.6. The van der Waals surface area contributed by atoms with Crippen molar-refractivity contribution in [1.82, 2.24) is 4.90 Å². The van der Waals surface area contributed by atoms with Crippen LogP contribution < -0.4 is 5.73 Å². The molecule has 2 heteroatoms. The van der Waals surface area contributed by atoms with Crippen LogP contribution in [-0.2, 0) is 0 Å². The van der Waals surface area contributed by atoms with Gasteiger partial charge in [0, 0.05) is 11.6 Å². The SMILES string of the molecule is CC(C)CCCC(N)C(C)(C)N1CCCC1. The predicted octanol–water partition coefficient (Wildman–Crippen LogP) is 3.01. The first-order valence-corrected chi connectivity index (χ1v) is 6.95. The Morgan fingerprint density at radius 3 is 2.19 bits per heavy atom. The van der Waals surface area contributed by atoms with Crippen LogP contribution in [-0.4, -0.2) is 29.6 Å². The molecule has 1 heterocycles. The third-order valence-electron chi connectivity index (χ3n) is 4.13. The lowest BCUT2D eigenvalue weighted by Crippen LogP contribution is -2.55. The molecule has 1 unspecified atom stereocenters. The first-order valence-electron chi connectivity index (χ1n) is 6.95. The van der Waals surface area contributed by atoms with Gasteiger partial charge in [-0.15, -0.1) is 0 Å². The fourth-order valence-corrected chi connectivity index (χ4v) is 2.63. The zero-order valence-corrected chi connectivity index (χ0v) is 11.6. The van der Waals surface area contributed by atoms with Gasteiger partial charge in [0.15, 0.2) is 0 Å². The Morgan fingerprint density at radius 2 is 1.69 bits per heavy atom. The van der Waals surface area contributed by atoms with Gasteiger partial charge in [0.05, 0.1) is 0 Å². The first-order chi connectivity index (χ1) is 7.44. The highest BCUT2D eigenvalue weighted by molar-refractivity contribution is 4.93. The van der Waals surface area contributed by atoms with E-state index >= 15 is 0 Å². The molecule has 1 saturated heterocycles. The molecule has 1 atom stereocenters. The quantitative estimate of drug-likeness (QED) is 0.754. The number of rotatable bonds is 6. The van der Waals surface area contributed by atoms with Crippen LogP contribution in [0.25, 0.3) is 0 Å². The highest BCUT2D eigenvalue weighted by Gasteiger charge is 2.34. The van der Waals surface area contributed by atoms with Gasteiger partial charge in [-0.05, 0) is 52.1 Å². The number of nitrogens with zero attached hydrogens (tertiary/aromatic N) is 1. The third-order valence-corrected chi connectivity index (χ3v) is 4.13. The summed E-state index contributed by atoms with van der Waals surface area (Å²) in [7, 11) is 0. The van der Waals surface area contributed by atoms with Crippen LogP contribution in [0.15, 0.2) is 0 Å². The summed E-state index contributed by atoms with van der Waals surface area (Å²) < 4.78 is 0. The molecular weight excluding hydrogens is 196 g/mol. The minimum atomic E-state index is 0.188. The topological polar surface area (TPSA) is 29.3 Å². The Labute approximate surface area is 102 Å². The molecule has 0 spiro atoms. The Kier molecular flexibility index (Phi) is 5.26. The van der Waals surface area contributed by atoms with Crippen LogP contribution in [0.3, 0.4) is 0 Å². The van der Waals surface area contributed by atoms with E-state index in [0.29, 0.717) is 6.04 Å². The Bertz CT molecular complexity index is 193. The third kappa shape index (κ3) is 3.74. The molecule has 16 heavy (non-hydrogen) atoms. The molecular formula is C14H30N2. The standard InChI is InChI=1S/C14H30N2/c1-12(2)8-7-9-13(15)14(3,4)16-10-5-6-11-16/h12-13H,5-11,15H2,1-4H3. The van der Waals surface area contributed by atoms with E-state index in [1.165, 1.54) is 45.2 Å². The van der Waals surface area contributed by atoms with E-state index in [9.17, 15) is 0 Å². The average molecular weight is 226 g/mol. The maximum Gasteiger partial charge on any atom is 0.0304 e. The van der Waals surface area contributed by atoms with Gasteiger partial charge in [0.2, 0.25) is 0 Å². The summed E-state index contributed by atoms with van der Waals surface area (Å²) in [5.41, 5.74) is 6.56. The van der Waals surface area contributed by atoms with Crippen LogP contribution in [0.2, 0.25) is 0 Å². The van der Waals surface area contributed by atoms with Crippen molar-refractivity contribution in [3.05, 3.63) is 0 Å². The largest absolute Gasteiger partial charge is 0.326 e. The lowest BCUT2D eigenvalue weighted by Gasteiger charge is -2.40. The summed E-state index contributed by atoms with van der Waals surface area (Å²) in [6, 6.07) is 0.323. The molecule has 0 aromatic heterocycles. The summed E-state index contributed by atoms with van der Waals surface area (Å²) in [6.45, 7) is 11.7. The normalized spacial score (nSPS) is 20.6. The van der Waals surface area contributed by atoms with Crippen LogP contribution in [0.1, 0.15) is 59.8 Å². The molecule has 1 aliphatic heterocycles. The molecule has 0 aromatic carbocycles. The van der Waals surface area contributed by atoms with E-state index in [-0.39, 0.29) is 5.54 Å². The minimum Gasteiger partial charge on any atom is -0.326 e. The molecule has 0 aromatic rings. The summed E-state index contributed by atoms with van der Waals surface area (Å²) in [4.78, 5) is 2.58. The number of nitrogens with two attached hydrogens (primary N) is 1. The molecule has 2 N–H and O–H groups in total. The van der Waals surface area contributed by atoms with E-state index in [4.69, 9.17) is 5.73 Å². The summed E-state index contributed by atoms with van der Waals surface area (Å²) in [6.07, 6.45) is 6.45. The van der Waals surface area contributed by atoms with E-state index in [2.05, 4.69) is 32.6 Å². The summed E-state index contributed by atoms with van der Waals surface area (Å²) in [5, 5.41) is 0. The van der Waals surface area contributed by atoms with Crippen LogP contribution in [0.5, 0.6) is 0 Å². The molecule has 1 aliphatic rings. The van der Waals surface area contributed by atoms with Gasteiger partial charge in [-0.3, -0.25) is 4.90 Å². The first kappa shape index (κ1) is 14.0. The molecule has 0 saturated carbocycles. The lowest BCUT2D eigenvalue weighted by atomic mass is 9.88. The summed E-state index contributed by atoms with van der Waals surface area (Å²) in [5.74, 6) is 0.807. The van der Waals surface area contributed by atoms with Gasteiger partial charge in [-0.25, -0.2) is 0 Å². The van der Waals surface area contributed by atoms with Gasteiger partial charge in [-0.2, -0.15) is 0 Å². The fraction of sp³-hybridized carbons (Fsp3) is 1.00. The number of likely N-dealkylation sites (tertiary alicyclic amines) is 1. The minimum absolute atomic E-state index is 0.188. The van der Waals surface area contributed by atoms with Crippen molar-refractivity contribution in [3.8, 4) is 0 Å². The monoisotopic (exact) mass is 226 g/mol. The molecule has 0 aliphatic carbocycles.